The molecule has 1 aromatic carbocycles. The standard InChI is InChI=1S/C15H20F2O2/c1-4-5-10(2)9-19-11(3)15(18)12-6-7-13(16)14(17)8-12/h6-8,10-11H,4-5,9H2,1-3H3. The van der Waals surface area contributed by atoms with Gasteiger partial charge in [0, 0.05) is 5.56 Å². The lowest BCUT2D eigenvalue weighted by molar-refractivity contribution is 0.0353. The van der Waals surface area contributed by atoms with E-state index in [9.17, 15) is 13.6 Å². The third kappa shape index (κ3) is 4.71. The molecule has 0 N–H and O–H groups in total. The molecule has 0 saturated carbocycles. The van der Waals surface area contributed by atoms with Gasteiger partial charge in [-0.2, -0.15) is 0 Å². The Bertz CT molecular complexity index is 432. The second-order valence-corrected chi connectivity index (χ2v) is 4.86. The van der Waals surface area contributed by atoms with Gasteiger partial charge < -0.3 is 4.74 Å². The summed E-state index contributed by atoms with van der Waals surface area (Å²) < 4.78 is 31.3. The van der Waals surface area contributed by atoms with Gasteiger partial charge in [-0.15, -0.1) is 0 Å². The van der Waals surface area contributed by atoms with E-state index in [0.717, 1.165) is 25.0 Å². The molecule has 19 heavy (non-hydrogen) atoms. The first-order valence-electron chi connectivity index (χ1n) is 6.56. The van der Waals surface area contributed by atoms with Gasteiger partial charge in [-0.1, -0.05) is 20.3 Å². The molecular formula is C15H20F2O2. The van der Waals surface area contributed by atoms with Crippen LogP contribution in [-0.4, -0.2) is 18.5 Å². The first-order chi connectivity index (χ1) is 8.95. The number of hydrogen-bond donors (Lipinski definition) is 0. The number of ketones is 1. The minimum absolute atomic E-state index is 0.134. The molecule has 0 heterocycles. The molecule has 0 aliphatic heterocycles. The van der Waals surface area contributed by atoms with E-state index in [1.165, 1.54) is 6.07 Å². The SMILES string of the molecule is CCCC(C)COC(C)C(=O)c1ccc(F)c(F)c1. The second kappa shape index (κ2) is 7.34. The summed E-state index contributed by atoms with van der Waals surface area (Å²) in [6.45, 7) is 6.26. The molecule has 0 spiro atoms. The zero-order valence-electron chi connectivity index (χ0n) is 11.6. The molecule has 0 aliphatic rings. The smallest absolute Gasteiger partial charge is 0.191 e. The molecular weight excluding hydrogens is 250 g/mol. The molecule has 2 nitrogen and oxygen atoms in total. The Morgan fingerprint density at radius 1 is 1.26 bits per heavy atom. The summed E-state index contributed by atoms with van der Waals surface area (Å²) in [5.74, 6) is -1.92. The molecule has 0 amide bonds. The van der Waals surface area contributed by atoms with Crippen LogP contribution in [0, 0.1) is 17.6 Å². The highest BCUT2D eigenvalue weighted by atomic mass is 19.2. The lowest BCUT2D eigenvalue weighted by atomic mass is 10.1. The summed E-state index contributed by atoms with van der Waals surface area (Å²) in [6.07, 6.45) is 1.45. The third-order valence-corrected chi connectivity index (χ3v) is 2.99. The molecule has 0 bridgehead atoms. The number of carbonyl (C=O) groups excluding carboxylic acids is 1. The van der Waals surface area contributed by atoms with Gasteiger partial charge in [0.1, 0.15) is 6.10 Å². The van der Waals surface area contributed by atoms with Crippen LogP contribution >= 0.6 is 0 Å². The van der Waals surface area contributed by atoms with Crippen molar-refractivity contribution in [2.24, 2.45) is 5.92 Å². The second-order valence-electron chi connectivity index (χ2n) is 4.86. The third-order valence-electron chi connectivity index (χ3n) is 2.99. The molecule has 0 saturated heterocycles. The Kier molecular flexibility index (Phi) is 6.09. The molecule has 1 aromatic rings. The maximum absolute atomic E-state index is 13.0. The fourth-order valence-corrected chi connectivity index (χ4v) is 1.84. The molecule has 0 fully saturated rings. The van der Waals surface area contributed by atoms with Crippen LogP contribution in [0.25, 0.3) is 0 Å². The quantitative estimate of drug-likeness (QED) is 0.700. The Hall–Kier alpha value is -1.29. The van der Waals surface area contributed by atoms with Crippen molar-refractivity contribution in [2.75, 3.05) is 6.61 Å². The minimum Gasteiger partial charge on any atom is -0.370 e. The van der Waals surface area contributed by atoms with Gasteiger partial charge >= 0.3 is 0 Å². The summed E-state index contributed by atoms with van der Waals surface area (Å²) in [7, 11) is 0. The Morgan fingerprint density at radius 3 is 2.53 bits per heavy atom. The van der Waals surface area contributed by atoms with Crippen molar-refractivity contribution in [3.63, 3.8) is 0 Å². The summed E-state index contributed by atoms with van der Waals surface area (Å²) in [5, 5.41) is 0. The van der Waals surface area contributed by atoms with Crippen molar-refractivity contribution in [1.29, 1.82) is 0 Å². The fraction of sp³-hybridized carbons (Fsp3) is 0.533. The zero-order chi connectivity index (χ0) is 14.4. The molecule has 0 aromatic heterocycles. The summed E-state index contributed by atoms with van der Waals surface area (Å²) in [4.78, 5) is 12.0. The lowest BCUT2D eigenvalue weighted by Crippen LogP contribution is -2.23. The molecule has 2 unspecified atom stereocenters. The monoisotopic (exact) mass is 270 g/mol. The van der Waals surface area contributed by atoms with E-state index in [1.54, 1.807) is 6.92 Å². The van der Waals surface area contributed by atoms with Crippen LogP contribution in [0.2, 0.25) is 0 Å². The highest BCUT2D eigenvalue weighted by Crippen LogP contribution is 2.13. The number of halogens is 2. The number of hydrogen-bond acceptors (Lipinski definition) is 2. The molecule has 0 aliphatic carbocycles. The molecule has 4 heteroatoms. The molecule has 2 atom stereocenters. The lowest BCUT2D eigenvalue weighted by Gasteiger charge is -2.16. The average molecular weight is 270 g/mol. The van der Waals surface area contributed by atoms with E-state index in [1.807, 2.05) is 0 Å². The number of Topliss-reactive ketones (excluding diaryl/α,β-unsaturated/α-hetero) is 1. The summed E-state index contributed by atoms with van der Waals surface area (Å²) in [6, 6.07) is 3.14. The number of rotatable bonds is 7. The maximum atomic E-state index is 13.0. The summed E-state index contributed by atoms with van der Waals surface area (Å²) in [5.41, 5.74) is 0.134. The molecule has 0 radical (unpaired) electrons. The van der Waals surface area contributed by atoms with Crippen LogP contribution in [0.3, 0.4) is 0 Å². The van der Waals surface area contributed by atoms with Crippen molar-refractivity contribution >= 4 is 5.78 Å². The number of benzene rings is 1. The largest absolute Gasteiger partial charge is 0.370 e. The van der Waals surface area contributed by atoms with E-state index >= 15 is 0 Å². The van der Waals surface area contributed by atoms with E-state index in [4.69, 9.17) is 4.74 Å². The van der Waals surface area contributed by atoms with Gasteiger partial charge in [0.15, 0.2) is 17.4 Å². The van der Waals surface area contributed by atoms with Gasteiger partial charge in [-0.05, 0) is 37.5 Å². The Morgan fingerprint density at radius 2 is 1.95 bits per heavy atom. The van der Waals surface area contributed by atoms with Gasteiger partial charge in [0.05, 0.1) is 6.61 Å². The number of carbonyl (C=O) groups is 1. The van der Waals surface area contributed by atoms with Crippen LogP contribution in [0.1, 0.15) is 44.0 Å². The van der Waals surface area contributed by atoms with Crippen molar-refractivity contribution in [3.8, 4) is 0 Å². The average Bonchev–Trinajstić information content (AvgIpc) is 2.38. The Labute approximate surface area is 112 Å². The van der Waals surface area contributed by atoms with Crippen molar-refractivity contribution in [1.82, 2.24) is 0 Å². The van der Waals surface area contributed by atoms with Gasteiger partial charge in [-0.25, -0.2) is 8.78 Å². The normalized spacial score (nSPS) is 14.2. The van der Waals surface area contributed by atoms with Crippen LogP contribution < -0.4 is 0 Å². The van der Waals surface area contributed by atoms with Crippen molar-refractivity contribution in [2.45, 2.75) is 39.7 Å². The molecule has 106 valence electrons. The Balaban J connectivity index is 2.59. The van der Waals surface area contributed by atoms with E-state index in [-0.39, 0.29) is 11.3 Å². The predicted molar refractivity (Wildman–Crippen MR) is 70.2 cm³/mol. The van der Waals surface area contributed by atoms with Crippen LogP contribution in [0.5, 0.6) is 0 Å². The topological polar surface area (TPSA) is 26.3 Å². The highest BCUT2D eigenvalue weighted by Gasteiger charge is 2.18. The van der Waals surface area contributed by atoms with Crippen LogP contribution in [-0.2, 0) is 4.74 Å². The van der Waals surface area contributed by atoms with E-state index in [2.05, 4.69) is 13.8 Å². The maximum Gasteiger partial charge on any atom is 0.191 e. The van der Waals surface area contributed by atoms with Crippen LogP contribution in [0.4, 0.5) is 8.78 Å². The summed E-state index contributed by atoms with van der Waals surface area (Å²) >= 11 is 0. The van der Waals surface area contributed by atoms with E-state index in [0.29, 0.717) is 12.5 Å². The molecule has 1 rings (SSSR count). The van der Waals surface area contributed by atoms with Crippen molar-refractivity contribution < 1.29 is 18.3 Å². The first kappa shape index (κ1) is 15.8. The van der Waals surface area contributed by atoms with Gasteiger partial charge in [0.25, 0.3) is 0 Å². The predicted octanol–water partition coefficient (Wildman–Crippen LogP) is 3.99. The fourth-order valence-electron chi connectivity index (χ4n) is 1.84. The zero-order valence-corrected chi connectivity index (χ0v) is 11.6. The van der Waals surface area contributed by atoms with Gasteiger partial charge in [0.2, 0.25) is 0 Å². The number of ether oxygens (including phenoxy) is 1. The van der Waals surface area contributed by atoms with E-state index < -0.39 is 17.7 Å². The van der Waals surface area contributed by atoms with Gasteiger partial charge in [-0.3, -0.25) is 4.79 Å². The van der Waals surface area contributed by atoms with Crippen LogP contribution in [0.15, 0.2) is 18.2 Å². The first-order valence-corrected chi connectivity index (χ1v) is 6.56. The minimum atomic E-state index is -1.02. The van der Waals surface area contributed by atoms with Crippen molar-refractivity contribution in [3.05, 3.63) is 35.4 Å². The highest BCUT2D eigenvalue weighted by molar-refractivity contribution is 5.99.